The zero-order valence-electron chi connectivity index (χ0n) is 10.1. The minimum absolute atomic E-state index is 0.127. The first-order valence-corrected chi connectivity index (χ1v) is 5.57. The predicted octanol–water partition coefficient (Wildman–Crippen LogP) is 1.81. The van der Waals surface area contributed by atoms with E-state index in [2.05, 4.69) is 0 Å². The number of amides is 2. The van der Waals surface area contributed by atoms with Gasteiger partial charge in [0.1, 0.15) is 0 Å². The molecule has 0 rings (SSSR count). The molecule has 92 valence electrons. The standard InChI is InChI=1S/C11H19NO4/c1-4-6-7-8-11(15)16-12(9(3)13)10(14)5-2/h4-8H2,1-3H3. The lowest BCUT2D eigenvalue weighted by Gasteiger charge is -2.16. The van der Waals surface area contributed by atoms with Crippen molar-refractivity contribution in [3.8, 4) is 0 Å². The van der Waals surface area contributed by atoms with Crippen LogP contribution in [0.15, 0.2) is 0 Å². The van der Waals surface area contributed by atoms with Gasteiger partial charge >= 0.3 is 5.97 Å². The van der Waals surface area contributed by atoms with Gasteiger partial charge in [-0.15, -0.1) is 5.06 Å². The van der Waals surface area contributed by atoms with Gasteiger partial charge in [-0.05, 0) is 6.42 Å². The highest BCUT2D eigenvalue weighted by atomic mass is 16.7. The summed E-state index contributed by atoms with van der Waals surface area (Å²) in [6.07, 6.45) is 2.99. The van der Waals surface area contributed by atoms with Crippen LogP contribution in [-0.2, 0) is 19.2 Å². The van der Waals surface area contributed by atoms with Crippen molar-refractivity contribution in [2.45, 2.75) is 52.9 Å². The molecule has 2 amide bonds. The summed E-state index contributed by atoms with van der Waals surface area (Å²) in [6, 6.07) is 0. The van der Waals surface area contributed by atoms with Gasteiger partial charge in [-0.1, -0.05) is 26.7 Å². The predicted molar refractivity (Wildman–Crippen MR) is 58.1 cm³/mol. The number of rotatable bonds is 5. The molecule has 0 radical (unpaired) electrons. The van der Waals surface area contributed by atoms with Crippen LogP contribution < -0.4 is 0 Å². The molecule has 0 aliphatic carbocycles. The number of carbonyl (C=O) groups excluding carboxylic acids is 3. The molecule has 0 atom stereocenters. The molecule has 0 aromatic rings. The van der Waals surface area contributed by atoms with Crippen LogP contribution in [0.2, 0.25) is 0 Å². The zero-order chi connectivity index (χ0) is 12.6. The Morgan fingerprint density at radius 1 is 1.12 bits per heavy atom. The van der Waals surface area contributed by atoms with Gasteiger partial charge < -0.3 is 4.84 Å². The van der Waals surface area contributed by atoms with Crippen molar-refractivity contribution in [2.24, 2.45) is 0 Å². The lowest BCUT2D eigenvalue weighted by Crippen LogP contribution is -2.36. The number of unbranched alkanes of at least 4 members (excludes halogenated alkanes) is 2. The molecule has 0 heterocycles. The smallest absolute Gasteiger partial charge is 0.330 e. The monoisotopic (exact) mass is 229 g/mol. The van der Waals surface area contributed by atoms with E-state index in [9.17, 15) is 14.4 Å². The fourth-order valence-electron chi connectivity index (χ4n) is 1.10. The van der Waals surface area contributed by atoms with E-state index in [0.29, 0.717) is 11.5 Å². The van der Waals surface area contributed by atoms with Gasteiger partial charge in [0.05, 0.1) is 0 Å². The molecule has 5 nitrogen and oxygen atoms in total. The van der Waals surface area contributed by atoms with E-state index in [0.717, 1.165) is 12.8 Å². The quantitative estimate of drug-likeness (QED) is 0.532. The van der Waals surface area contributed by atoms with E-state index >= 15 is 0 Å². The third-order valence-electron chi connectivity index (χ3n) is 1.99. The van der Waals surface area contributed by atoms with Crippen LogP contribution in [0.1, 0.15) is 52.9 Å². The number of hydroxylamine groups is 2. The summed E-state index contributed by atoms with van der Waals surface area (Å²) < 4.78 is 0. The van der Waals surface area contributed by atoms with E-state index in [1.165, 1.54) is 6.92 Å². The lowest BCUT2D eigenvalue weighted by atomic mass is 10.2. The number of hydrogen-bond acceptors (Lipinski definition) is 4. The molecule has 5 heteroatoms. The van der Waals surface area contributed by atoms with Gasteiger partial charge in [0.25, 0.3) is 11.8 Å². The number of imide groups is 1. The molecule has 0 N–H and O–H groups in total. The Labute approximate surface area is 95.7 Å². The molecule has 16 heavy (non-hydrogen) atoms. The maximum Gasteiger partial charge on any atom is 0.333 e. The molecule has 0 aromatic carbocycles. The van der Waals surface area contributed by atoms with E-state index in [4.69, 9.17) is 4.84 Å². The van der Waals surface area contributed by atoms with Gasteiger partial charge in [0, 0.05) is 19.8 Å². The molecule has 0 unspecified atom stereocenters. The van der Waals surface area contributed by atoms with Gasteiger partial charge in [-0.2, -0.15) is 0 Å². The van der Waals surface area contributed by atoms with Crippen molar-refractivity contribution in [2.75, 3.05) is 0 Å². The van der Waals surface area contributed by atoms with Crippen LogP contribution in [0.4, 0.5) is 0 Å². The number of carbonyl (C=O) groups is 3. The normalized spacial score (nSPS) is 9.69. The van der Waals surface area contributed by atoms with E-state index in [1.807, 2.05) is 6.92 Å². The van der Waals surface area contributed by atoms with E-state index in [1.54, 1.807) is 6.92 Å². The van der Waals surface area contributed by atoms with Crippen molar-refractivity contribution in [3.63, 3.8) is 0 Å². The highest BCUT2D eigenvalue weighted by Crippen LogP contribution is 2.04. The van der Waals surface area contributed by atoms with Gasteiger partial charge in [0.2, 0.25) is 0 Å². The summed E-state index contributed by atoms with van der Waals surface area (Å²) in [5.74, 6) is -1.61. The summed E-state index contributed by atoms with van der Waals surface area (Å²) in [4.78, 5) is 38.3. The Morgan fingerprint density at radius 3 is 2.19 bits per heavy atom. The molecule has 0 aliphatic heterocycles. The first-order valence-electron chi connectivity index (χ1n) is 5.57. The maximum absolute atomic E-state index is 11.3. The van der Waals surface area contributed by atoms with Crippen molar-refractivity contribution < 1.29 is 19.2 Å². The van der Waals surface area contributed by atoms with Crippen LogP contribution in [0.25, 0.3) is 0 Å². The Hall–Kier alpha value is -1.39. The van der Waals surface area contributed by atoms with Crippen LogP contribution in [0.3, 0.4) is 0 Å². The number of nitrogens with zero attached hydrogens (tertiary/aromatic N) is 1. The second-order valence-corrected chi connectivity index (χ2v) is 3.48. The lowest BCUT2D eigenvalue weighted by molar-refractivity contribution is -0.201. The zero-order valence-corrected chi connectivity index (χ0v) is 10.1. The first-order chi connectivity index (χ1) is 7.52. The highest BCUT2D eigenvalue weighted by Gasteiger charge is 2.21. The molecule has 0 bridgehead atoms. The van der Waals surface area contributed by atoms with Gasteiger partial charge in [0.15, 0.2) is 0 Å². The Morgan fingerprint density at radius 2 is 1.75 bits per heavy atom. The third-order valence-corrected chi connectivity index (χ3v) is 1.99. The summed E-state index contributed by atoms with van der Waals surface area (Å²) >= 11 is 0. The fourth-order valence-corrected chi connectivity index (χ4v) is 1.10. The van der Waals surface area contributed by atoms with Crippen LogP contribution >= 0.6 is 0 Å². The van der Waals surface area contributed by atoms with Crippen molar-refractivity contribution in [3.05, 3.63) is 0 Å². The van der Waals surface area contributed by atoms with E-state index in [-0.39, 0.29) is 12.8 Å². The molecule has 0 aliphatic rings. The van der Waals surface area contributed by atoms with Gasteiger partial charge in [-0.25, -0.2) is 4.79 Å². The Balaban J connectivity index is 4.14. The minimum atomic E-state index is -0.573. The third kappa shape index (κ3) is 5.48. The summed E-state index contributed by atoms with van der Waals surface area (Å²) in [5, 5.41) is 0.536. The molecular weight excluding hydrogens is 210 g/mol. The minimum Gasteiger partial charge on any atom is -0.330 e. The molecule has 0 saturated heterocycles. The highest BCUT2D eigenvalue weighted by molar-refractivity contribution is 5.93. The second kappa shape index (κ2) is 7.84. The average molecular weight is 229 g/mol. The molecule has 0 spiro atoms. The summed E-state index contributed by atoms with van der Waals surface area (Å²) in [5.41, 5.74) is 0. The van der Waals surface area contributed by atoms with Crippen LogP contribution in [0.5, 0.6) is 0 Å². The van der Waals surface area contributed by atoms with Gasteiger partial charge in [-0.3, -0.25) is 9.59 Å². The first kappa shape index (κ1) is 14.6. The summed E-state index contributed by atoms with van der Waals surface area (Å²) in [6.45, 7) is 4.81. The fraction of sp³-hybridized carbons (Fsp3) is 0.727. The topological polar surface area (TPSA) is 63.7 Å². The average Bonchev–Trinajstić information content (AvgIpc) is 2.25. The largest absolute Gasteiger partial charge is 0.333 e. The van der Waals surface area contributed by atoms with Crippen molar-refractivity contribution in [1.82, 2.24) is 5.06 Å². The molecule has 0 fully saturated rings. The molecule has 0 aromatic heterocycles. The SMILES string of the molecule is CCCCCC(=O)ON(C(C)=O)C(=O)CC. The molecular formula is C11H19NO4. The summed E-state index contributed by atoms with van der Waals surface area (Å²) in [7, 11) is 0. The van der Waals surface area contributed by atoms with E-state index < -0.39 is 17.8 Å². The van der Waals surface area contributed by atoms with Crippen LogP contribution in [0, 0.1) is 0 Å². The van der Waals surface area contributed by atoms with Crippen molar-refractivity contribution in [1.29, 1.82) is 0 Å². The molecule has 0 saturated carbocycles. The second-order valence-electron chi connectivity index (χ2n) is 3.48. The van der Waals surface area contributed by atoms with Crippen LogP contribution in [-0.4, -0.2) is 22.8 Å². The van der Waals surface area contributed by atoms with Crippen molar-refractivity contribution >= 4 is 17.8 Å². The number of hydrogen-bond donors (Lipinski definition) is 0. The maximum atomic E-state index is 11.3. The Kier molecular flexibility index (Phi) is 7.16. The Bertz CT molecular complexity index is 263.